The molecule has 2 aliphatic rings. The van der Waals surface area contributed by atoms with Gasteiger partial charge >= 0.3 is 0 Å². The van der Waals surface area contributed by atoms with Crippen LogP contribution in [0.4, 0.5) is 0 Å². The van der Waals surface area contributed by atoms with Gasteiger partial charge in [-0.2, -0.15) is 0 Å². The fourth-order valence-corrected chi connectivity index (χ4v) is 3.49. The molecule has 104 valence electrons. The van der Waals surface area contributed by atoms with Crippen LogP contribution in [0.25, 0.3) is 0 Å². The Labute approximate surface area is 111 Å². The molecule has 3 nitrogen and oxygen atoms in total. The maximum Gasteiger partial charge on any atom is 0.222 e. The summed E-state index contributed by atoms with van der Waals surface area (Å²) in [5.74, 6) is 0.782. The molecule has 1 aliphatic heterocycles. The van der Waals surface area contributed by atoms with E-state index in [2.05, 4.69) is 18.7 Å². The van der Waals surface area contributed by atoms with E-state index in [1.54, 1.807) is 0 Å². The summed E-state index contributed by atoms with van der Waals surface area (Å²) >= 11 is 0. The Balaban J connectivity index is 1.88. The maximum atomic E-state index is 12.4. The van der Waals surface area contributed by atoms with Crippen LogP contribution in [0.3, 0.4) is 0 Å². The van der Waals surface area contributed by atoms with Crippen LogP contribution >= 0.6 is 0 Å². The molecule has 1 saturated heterocycles. The van der Waals surface area contributed by atoms with Crippen molar-refractivity contribution in [3.63, 3.8) is 0 Å². The van der Waals surface area contributed by atoms with Crippen LogP contribution in [0.15, 0.2) is 0 Å². The average Bonchev–Trinajstić information content (AvgIpc) is 2.75. The lowest BCUT2D eigenvalue weighted by atomic mass is 9.79. The first-order valence-corrected chi connectivity index (χ1v) is 7.57. The van der Waals surface area contributed by atoms with Crippen LogP contribution in [-0.4, -0.2) is 29.9 Å². The monoisotopic (exact) mass is 252 g/mol. The normalized spacial score (nSPS) is 36.9. The van der Waals surface area contributed by atoms with Gasteiger partial charge in [0, 0.05) is 25.6 Å². The third-order valence-corrected chi connectivity index (χ3v) is 5.14. The minimum Gasteiger partial charge on any atom is -0.342 e. The third kappa shape index (κ3) is 3.05. The number of rotatable bonds is 3. The van der Waals surface area contributed by atoms with Gasteiger partial charge < -0.3 is 10.6 Å². The Morgan fingerprint density at radius 2 is 2.17 bits per heavy atom. The number of hydrogen-bond acceptors (Lipinski definition) is 2. The molecule has 3 heteroatoms. The number of piperidine rings is 1. The molecule has 2 N–H and O–H groups in total. The molecule has 2 fully saturated rings. The van der Waals surface area contributed by atoms with Crippen molar-refractivity contribution in [1.82, 2.24) is 4.90 Å². The second kappa shape index (κ2) is 5.60. The van der Waals surface area contributed by atoms with Crippen molar-refractivity contribution in [2.75, 3.05) is 13.1 Å². The number of nitrogens with two attached hydrogens (primary N) is 1. The Bertz CT molecular complexity index is 305. The lowest BCUT2D eigenvalue weighted by Gasteiger charge is -2.40. The zero-order chi connectivity index (χ0) is 13.2. The van der Waals surface area contributed by atoms with E-state index < -0.39 is 0 Å². The molecule has 3 atom stereocenters. The van der Waals surface area contributed by atoms with Crippen LogP contribution < -0.4 is 5.73 Å². The third-order valence-electron chi connectivity index (χ3n) is 5.14. The van der Waals surface area contributed by atoms with Gasteiger partial charge in [-0.05, 0) is 43.4 Å². The quantitative estimate of drug-likeness (QED) is 0.839. The molecule has 0 spiro atoms. The molecule has 1 heterocycles. The summed E-state index contributed by atoms with van der Waals surface area (Å²) in [6, 6.07) is 0.260. The molecular weight excluding hydrogens is 224 g/mol. The molecular formula is C15H28N2O. The predicted molar refractivity (Wildman–Crippen MR) is 74.1 cm³/mol. The van der Waals surface area contributed by atoms with Gasteiger partial charge in [0.1, 0.15) is 0 Å². The summed E-state index contributed by atoms with van der Waals surface area (Å²) < 4.78 is 0. The SMILES string of the molecule is CCC1(C)CCCN(C(=O)C[C@@H]2CCC[C@H]2N)C1. The van der Waals surface area contributed by atoms with Crippen LogP contribution in [0.5, 0.6) is 0 Å². The largest absolute Gasteiger partial charge is 0.342 e. The van der Waals surface area contributed by atoms with E-state index in [9.17, 15) is 4.79 Å². The Morgan fingerprint density at radius 3 is 2.78 bits per heavy atom. The first-order chi connectivity index (χ1) is 8.54. The lowest BCUT2D eigenvalue weighted by molar-refractivity contribution is -0.135. The smallest absolute Gasteiger partial charge is 0.222 e. The lowest BCUT2D eigenvalue weighted by Crippen LogP contribution is -2.45. The van der Waals surface area contributed by atoms with E-state index in [4.69, 9.17) is 5.73 Å². The highest BCUT2D eigenvalue weighted by Gasteiger charge is 2.33. The van der Waals surface area contributed by atoms with Crippen molar-refractivity contribution in [1.29, 1.82) is 0 Å². The van der Waals surface area contributed by atoms with E-state index in [-0.39, 0.29) is 6.04 Å². The van der Waals surface area contributed by atoms with Gasteiger partial charge in [0.2, 0.25) is 5.91 Å². The molecule has 1 unspecified atom stereocenters. The van der Waals surface area contributed by atoms with Gasteiger partial charge in [-0.3, -0.25) is 4.79 Å². The van der Waals surface area contributed by atoms with Crippen molar-refractivity contribution in [2.45, 2.75) is 64.8 Å². The molecule has 0 aromatic rings. The molecule has 2 rings (SSSR count). The number of likely N-dealkylation sites (tertiary alicyclic amines) is 1. The number of carbonyl (C=O) groups excluding carboxylic acids is 1. The van der Waals surface area contributed by atoms with Gasteiger partial charge in [-0.25, -0.2) is 0 Å². The average molecular weight is 252 g/mol. The zero-order valence-electron chi connectivity index (χ0n) is 12.0. The molecule has 18 heavy (non-hydrogen) atoms. The molecule has 0 aromatic heterocycles. The van der Waals surface area contributed by atoms with E-state index in [1.807, 2.05) is 0 Å². The van der Waals surface area contributed by atoms with Crippen molar-refractivity contribution >= 4 is 5.91 Å². The van der Waals surface area contributed by atoms with Gasteiger partial charge in [-0.15, -0.1) is 0 Å². The predicted octanol–water partition coefficient (Wildman–Crippen LogP) is 2.54. The van der Waals surface area contributed by atoms with E-state index in [0.717, 1.165) is 32.4 Å². The highest BCUT2D eigenvalue weighted by molar-refractivity contribution is 5.76. The van der Waals surface area contributed by atoms with Gasteiger partial charge in [-0.1, -0.05) is 20.3 Å². The summed E-state index contributed by atoms with van der Waals surface area (Å²) in [6.45, 7) is 6.45. The van der Waals surface area contributed by atoms with Crippen LogP contribution in [0.2, 0.25) is 0 Å². The number of nitrogens with zero attached hydrogens (tertiary/aromatic N) is 1. The molecule has 1 saturated carbocycles. The maximum absolute atomic E-state index is 12.4. The highest BCUT2D eigenvalue weighted by Crippen LogP contribution is 2.34. The Morgan fingerprint density at radius 1 is 1.39 bits per heavy atom. The first kappa shape index (κ1) is 13.9. The standard InChI is InChI=1S/C15H28N2O/c1-3-15(2)8-5-9-17(11-15)14(18)10-12-6-4-7-13(12)16/h12-13H,3-11,16H2,1-2H3/t12-,13+,15?/m0/s1. The van der Waals surface area contributed by atoms with Crippen molar-refractivity contribution in [2.24, 2.45) is 17.1 Å². The summed E-state index contributed by atoms with van der Waals surface area (Å²) in [7, 11) is 0. The van der Waals surface area contributed by atoms with Crippen LogP contribution in [0.1, 0.15) is 58.8 Å². The number of hydrogen-bond donors (Lipinski definition) is 1. The summed E-state index contributed by atoms with van der Waals surface area (Å²) in [4.78, 5) is 14.5. The van der Waals surface area contributed by atoms with E-state index >= 15 is 0 Å². The van der Waals surface area contributed by atoms with Crippen molar-refractivity contribution < 1.29 is 4.79 Å². The van der Waals surface area contributed by atoms with Crippen LogP contribution in [-0.2, 0) is 4.79 Å². The fourth-order valence-electron chi connectivity index (χ4n) is 3.49. The molecule has 0 bridgehead atoms. The summed E-state index contributed by atoms with van der Waals surface area (Å²) in [5, 5.41) is 0. The topological polar surface area (TPSA) is 46.3 Å². The van der Waals surface area contributed by atoms with Gasteiger partial charge in [0.15, 0.2) is 0 Å². The molecule has 0 radical (unpaired) electrons. The fraction of sp³-hybridized carbons (Fsp3) is 0.933. The minimum atomic E-state index is 0.260. The van der Waals surface area contributed by atoms with Crippen molar-refractivity contribution in [3.8, 4) is 0 Å². The zero-order valence-corrected chi connectivity index (χ0v) is 12.0. The second-order valence-electron chi connectivity index (χ2n) is 6.64. The summed E-state index contributed by atoms with van der Waals surface area (Å²) in [5.41, 5.74) is 6.40. The second-order valence-corrected chi connectivity index (χ2v) is 6.64. The van der Waals surface area contributed by atoms with Gasteiger partial charge in [0.25, 0.3) is 0 Å². The number of carbonyl (C=O) groups is 1. The van der Waals surface area contributed by atoms with E-state index in [0.29, 0.717) is 23.7 Å². The number of amides is 1. The van der Waals surface area contributed by atoms with E-state index in [1.165, 1.54) is 19.3 Å². The Hall–Kier alpha value is -0.570. The Kier molecular flexibility index (Phi) is 4.31. The molecule has 1 amide bonds. The highest BCUT2D eigenvalue weighted by atomic mass is 16.2. The molecule has 0 aromatic carbocycles. The van der Waals surface area contributed by atoms with Crippen LogP contribution in [0, 0.1) is 11.3 Å². The minimum absolute atomic E-state index is 0.260. The first-order valence-electron chi connectivity index (χ1n) is 7.57. The molecule has 1 aliphatic carbocycles. The van der Waals surface area contributed by atoms with Gasteiger partial charge in [0.05, 0.1) is 0 Å². The summed E-state index contributed by atoms with van der Waals surface area (Å²) in [6.07, 6.45) is 7.71. The van der Waals surface area contributed by atoms with Crippen molar-refractivity contribution in [3.05, 3.63) is 0 Å².